The molecule has 0 radical (unpaired) electrons. The lowest BCUT2D eigenvalue weighted by atomic mass is 10.1. The molecule has 0 unspecified atom stereocenters. The maximum Gasteiger partial charge on any atom is 0.253 e. The van der Waals surface area contributed by atoms with E-state index in [4.69, 9.17) is 16.3 Å². The highest BCUT2D eigenvalue weighted by Gasteiger charge is 2.21. The molecule has 2 amide bonds. The van der Waals surface area contributed by atoms with Crippen molar-refractivity contribution in [1.29, 1.82) is 0 Å². The standard InChI is InChI=1S/C24H30ClN3O5S/c1-17-11-12-18(25)15-22(17)28(34(2,31)32)13-5-10-23(29)27-21-9-4-3-8-20(21)24(30)26-16-19-7-6-14-33-19/h3-4,8-9,11-12,15,19H,5-7,10,13-14,16H2,1-2H3,(H,26,30)(H,27,29)/t19-/m1/s1. The first-order valence-electron chi connectivity index (χ1n) is 11.2. The van der Waals surface area contributed by atoms with Gasteiger partial charge in [-0.2, -0.15) is 0 Å². The predicted octanol–water partition coefficient (Wildman–Crippen LogP) is 3.74. The second-order valence-electron chi connectivity index (χ2n) is 8.31. The Hall–Kier alpha value is -2.62. The van der Waals surface area contributed by atoms with Crippen LogP contribution in [0.15, 0.2) is 42.5 Å². The minimum Gasteiger partial charge on any atom is -0.376 e. The number of carbonyl (C=O) groups is 2. The molecule has 1 fully saturated rings. The smallest absolute Gasteiger partial charge is 0.253 e. The van der Waals surface area contributed by atoms with Crippen LogP contribution in [0.1, 0.15) is 41.6 Å². The minimum atomic E-state index is -3.57. The molecular weight excluding hydrogens is 478 g/mol. The number of hydrogen-bond acceptors (Lipinski definition) is 5. The number of rotatable bonds is 10. The molecule has 1 atom stereocenters. The van der Waals surface area contributed by atoms with Crippen molar-refractivity contribution in [3.05, 3.63) is 58.6 Å². The highest BCUT2D eigenvalue weighted by Crippen LogP contribution is 2.26. The van der Waals surface area contributed by atoms with E-state index in [0.29, 0.717) is 35.1 Å². The lowest BCUT2D eigenvalue weighted by Crippen LogP contribution is -2.33. The van der Waals surface area contributed by atoms with Gasteiger partial charge in [0.1, 0.15) is 0 Å². The Bertz CT molecular complexity index is 1130. The number of ether oxygens (including phenoxy) is 1. The minimum absolute atomic E-state index is 0.0200. The summed E-state index contributed by atoms with van der Waals surface area (Å²) in [7, 11) is -3.57. The summed E-state index contributed by atoms with van der Waals surface area (Å²) in [5, 5.41) is 6.06. The third-order valence-corrected chi connectivity index (χ3v) is 6.98. The number of sulfonamides is 1. The first-order chi connectivity index (χ1) is 16.1. The summed E-state index contributed by atoms with van der Waals surface area (Å²) < 4.78 is 31.5. The van der Waals surface area contributed by atoms with Crippen molar-refractivity contribution in [3.8, 4) is 0 Å². The maximum absolute atomic E-state index is 12.6. The van der Waals surface area contributed by atoms with Gasteiger partial charge in [-0.05, 0) is 56.0 Å². The SMILES string of the molecule is Cc1ccc(Cl)cc1N(CCCC(=O)Nc1ccccc1C(=O)NC[C@H]1CCCO1)S(C)(=O)=O. The molecule has 0 aliphatic carbocycles. The van der Waals surface area contributed by atoms with E-state index in [9.17, 15) is 18.0 Å². The van der Waals surface area contributed by atoms with Crippen LogP contribution in [0.25, 0.3) is 0 Å². The van der Waals surface area contributed by atoms with Crippen LogP contribution < -0.4 is 14.9 Å². The maximum atomic E-state index is 12.6. The van der Waals surface area contributed by atoms with Crippen molar-refractivity contribution >= 4 is 44.8 Å². The number of amides is 2. The van der Waals surface area contributed by atoms with Crippen molar-refractivity contribution in [3.63, 3.8) is 0 Å². The molecule has 1 aliphatic heterocycles. The number of carbonyl (C=O) groups excluding carboxylic acids is 2. The van der Waals surface area contributed by atoms with Crippen LogP contribution in [0.3, 0.4) is 0 Å². The fourth-order valence-electron chi connectivity index (χ4n) is 3.81. The van der Waals surface area contributed by atoms with Gasteiger partial charge >= 0.3 is 0 Å². The molecule has 34 heavy (non-hydrogen) atoms. The summed E-state index contributed by atoms with van der Waals surface area (Å²) >= 11 is 6.06. The van der Waals surface area contributed by atoms with Gasteiger partial charge < -0.3 is 15.4 Å². The molecule has 2 N–H and O–H groups in total. The monoisotopic (exact) mass is 507 g/mol. The summed E-state index contributed by atoms with van der Waals surface area (Å²) in [6.07, 6.45) is 3.42. The van der Waals surface area contributed by atoms with E-state index in [1.165, 1.54) is 4.31 Å². The highest BCUT2D eigenvalue weighted by atomic mass is 35.5. The number of nitrogens with zero attached hydrogens (tertiary/aromatic N) is 1. The number of aryl methyl sites for hydroxylation is 1. The molecule has 0 saturated carbocycles. The quantitative estimate of drug-likeness (QED) is 0.509. The normalized spacial score (nSPS) is 15.7. The molecule has 0 bridgehead atoms. The summed E-state index contributed by atoms with van der Waals surface area (Å²) in [6, 6.07) is 11.8. The van der Waals surface area contributed by atoms with Crippen LogP contribution in [0.2, 0.25) is 5.02 Å². The lowest BCUT2D eigenvalue weighted by molar-refractivity contribution is -0.116. The predicted molar refractivity (Wildman–Crippen MR) is 134 cm³/mol. The Balaban J connectivity index is 1.59. The molecular formula is C24H30ClN3O5S. The summed E-state index contributed by atoms with van der Waals surface area (Å²) in [4.78, 5) is 25.2. The third kappa shape index (κ3) is 7.19. The van der Waals surface area contributed by atoms with Crippen molar-refractivity contribution in [2.24, 2.45) is 0 Å². The zero-order chi connectivity index (χ0) is 24.7. The van der Waals surface area contributed by atoms with Crippen molar-refractivity contribution < 1.29 is 22.7 Å². The van der Waals surface area contributed by atoms with Gasteiger partial charge in [-0.25, -0.2) is 8.42 Å². The zero-order valence-electron chi connectivity index (χ0n) is 19.3. The van der Waals surface area contributed by atoms with Crippen LogP contribution in [-0.4, -0.2) is 52.3 Å². The van der Waals surface area contributed by atoms with E-state index in [1.54, 1.807) is 49.4 Å². The molecule has 8 nitrogen and oxygen atoms in total. The van der Waals surface area contributed by atoms with E-state index in [1.807, 2.05) is 0 Å². The molecule has 1 aliphatic rings. The molecule has 1 heterocycles. The number of hydrogen-bond donors (Lipinski definition) is 2. The van der Waals surface area contributed by atoms with Crippen molar-refractivity contribution in [2.45, 2.75) is 38.7 Å². The summed E-state index contributed by atoms with van der Waals surface area (Å²) in [5.74, 6) is -0.596. The number of halogens is 1. The van der Waals surface area contributed by atoms with Crippen LogP contribution in [0, 0.1) is 6.92 Å². The van der Waals surface area contributed by atoms with Crippen LogP contribution in [0.4, 0.5) is 11.4 Å². The molecule has 0 aromatic heterocycles. The van der Waals surface area contributed by atoms with Crippen LogP contribution in [-0.2, 0) is 19.6 Å². The van der Waals surface area contributed by atoms with Crippen molar-refractivity contribution in [1.82, 2.24) is 5.32 Å². The number of nitrogens with one attached hydrogen (secondary N) is 2. The van der Waals surface area contributed by atoms with Gasteiger partial charge in [-0.15, -0.1) is 0 Å². The van der Waals surface area contributed by atoms with Crippen LogP contribution in [0.5, 0.6) is 0 Å². The molecule has 3 rings (SSSR count). The van der Waals surface area contributed by atoms with E-state index in [0.717, 1.165) is 24.7 Å². The number of anilines is 2. The van der Waals surface area contributed by atoms with Gasteiger partial charge in [0.15, 0.2) is 0 Å². The molecule has 0 spiro atoms. The third-order valence-electron chi connectivity index (χ3n) is 5.57. The first-order valence-corrected chi connectivity index (χ1v) is 13.4. The Morgan fingerprint density at radius 2 is 1.97 bits per heavy atom. The van der Waals surface area contributed by atoms with E-state index < -0.39 is 10.0 Å². The first kappa shape index (κ1) is 26.0. The van der Waals surface area contributed by atoms with E-state index in [2.05, 4.69) is 10.6 Å². The topological polar surface area (TPSA) is 105 Å². The molecule has 2 aromatic carbocycles. The highest BCUT2D eigenvalue weighted by molar-refractivity contribution is 7.92. The molecule has 184 valence electrons. The molecule has 10 heteroatoms. The second-order valence-corrected chi connectivity index (χ2v) is 10.7. The van der Waals surface area contributed by atoms with Gasteiger partial charge in [0, 0.05) is 31.1 Å². The largest absolute Gasteiger partial charge is 0.376 e. The lowest BCUT2D eigenvalue weighted by Gasteiger charge is -2.24. The Morgan fingerprint density at radius 3 is 2.68 bits per heavy atom. The fourth-order valence-corrected chi connectivity index (χ4v) is 4.99. The molecule has 2 aromatic rings. The van der Waals surface area contributed by atoms with Crippen LogP contribution >= 0.6 is 11.6 Å². The Labute approximate surface area is 205 Å². The zero-order valence-corrected chi connectivity index (χ0v) is 20.9. The number of benzene rings is 2. The fraction of sp³-hybridized carbons (Fsp3) is 0.417. The summed E-state index contributed by atoms with van der Waals surface area (Å²) in [6.45, 7) is 3.06. The Morgan fingerprint density at radius 1 is 1.21 bits per heavy atom. The molecule has 1 saturated heterocycles. The second kappa shape index (κ2) is 11.7. The van der Waals surface area contributed by atoms with Gasteiger partial charge in [-0.1, -0.05) is 29.8 Å². The average Bonchev–Trinajstić information content (AvgIpc) is 3.30. The Kier molecular flexibility index (Phi) is 8.93. The van der Waals surface area contributed by atoms with Crippen molar-refractivity contribution in [2.75, 3.05) is 35.6 Å². The average molecular weight is 508 g/mol. The van der Waals surface area contributed by atoms with Gasteiger partial charge in [0.2, 0.25) is 15.9 Å². The van der Waals surface area contributed by atoms with Gasteiger partial charge in [0.25, 0.3) is 5.91 Å². The van der Waals surface area contributed by atoms with Gasteiger partial charge in [0.05, 0.1) is 29.3 Å². The van der Waals surface area contributed by atoms with E-state index in [-0.39, 0.29) is 37.3 Å². The van der Waals surface area contributed by atoms with Gasteiger partial charge in [-0.3, -0.25) is 13.9 Å². The van der Waals surface area contributed by atoms with E-state index >= 15 is 0 Å². The number of para-hydroxylation sites is 1. The summed E-state index contributed by atoms with van der Waals surface area (Å²) in [5.41, 5.74) is 2.02.